The van der Waals surface area contributed by atoms with Gasteiger partial charge in [0.1, 0.15) is 0 Å². The van der Waals surface area contributed by atoms with E-state index in [1.807, 2.05) is 0 Å². The molecule has 1 heterocycles. The van der Waals surface area contributed by atoms with Crippen LogP contribution in [0.2, 0.25) is 0 Å². The van der Waals surface area contributed by atoms with Gasteiger partial charge in [-0.05, 0) is 125 Å². The van der Waals surface area contributed by atoms with Gasteiger partial charge in [0.15, 0.2) is 0 Å². The Kier molecular flexibility index (Phi) is 11.8. The van der Waals surface area contributed by atoms with Crippen molar-refractivity contribution in [2.75, 3.05) is 19.6 Å². The van der Waals surface area contributed by atoms with Gasteiger partial charge in [-0.1, -0.05) is 0 Å². The lowest BCUT2D eigenvalue weighted by Gasteiger charge is -2.30. The highest BCUT2D eigenvalue weighted by Gasteiger charge is 2.28. The van der Waals surface area contributed by atoms with Crippen LogP contribution in [0.4, 0.5) is 0 Å². The molecule has 0 unspecified atom stereocenters. The molecule has 0 spiro atoms. The van der Waals surface area contributed by atoms with Gasteiger partial charge in [0.25, 0.3) is 0 Å². The molecule has 0 amide bonds. The van der Waals surface area contributed by atoms with Crippen LogP contribution in [0.25, 0.3) is 0 Å². The number of aromatic nitrogens is 3. The SMILES string of the molecule is C=C=NCC1CCC(Cn2c(=O)n(CC3CCC(CN=C=O)CC3)c(=O)n(CC3CCC(CN=C=O)CC3)c2=O)CC1. The lowest BCUT2D eigenvalue weighted by molar-refractivity contribution is 0.220. The van der Waals surface area contributed by atoms with E-state index in [9.17, 15) is 24.0 Å². The predicted molar refractivity (Wildman–Crippen MR) is 159 cm³/mol. The van der Waals surface area contributed by atoms with Gasteiger partial charge in [-0.15, -0.1) is 0 Å². The van der Waals surface area contributed by atoms with Crippen molar-refractivity contribution in [2.45, 2.75) is 96.7 Å². The van der Waals surface area contributed by atoms with E-state index in [4.69, 9.17) is 0 Å². The number of hydrogen-bond acceptors (Lipinski definition) is 8. The molecule has 11 nitrogen and oxygen atoms in total. The highest BCUT2D eigenvalue weighted by Crippen LogP contribution is 2.32. The minimum absolute atomic E-state index is 0.154. The van der Waals surface area contributed by atoms with Crippen LogP contribution in [0.5, 0.6) is 0 Å². The van der Waals surface area contributed by atoms with Gasteiger partial charge < -0.3 is 0 Å². The maximum absolute atomic E-state index is 13.7. The Morgan fingerprint density at radius 1 is 0.500 bits per heavy atom. The van der Waals surface area contributed by atoms with E-state index >= 15 is 0 Å². The van der Waals surface area contributed by atoms with Gasteiger partial charge in [0, 0.05) is 19.6 Å². The zero-order chi connectivity index (χ0) is 29.9. The minimum atomic E-state index is -0.507. The molecule has 3 saturated carbocycles. The van der Waals surface area contributed by atoms with Crippen molar-refractivity contribution in [1.29, 1.82) is 0 Å². The normalized spacial score (nSPS) is 27.7. The topological polar surface area (TPSA) is 137 Å². The van der Waals surface area contributed by atoms with Crippen LogP contribution in [0.3, 0.4) is 0 Å². The Morgan fingerprint density at radius 2 is 0.762 bits per heavy atom. The van der Waals surface area contributed by atoms with Gasteiger partial charge in [0.2, 0.25) is 12.2 Å². The summed E-state index contributed by atoms with van der Waals surface area (Å²) in [6.07, 6.45) is 13.9. The number of rotatable bonds is 12. The highest BCUT2D eigenvalue weighted by atomic mass is 16.2. The Labute approximate surface area is 246 Å². The fourth-order valence-electron chi connectivity index (χ4n) is 7.24. The fourth-order valence-corrected chi connectivity index (χ4v) is 7.24. The largest absolute Gasteiger partial charge is 0.336 e. The summed E-state index contributed by atoms with van der Waals surface area (Å²) in [4.78, 5) is 73.8. The predicted octanol–water partition coefficient (Wildman–Crippen LogP) is 3.12. The van der Waals surface area contributed by atoms with Gasteiger partial charge in [-0.25, -0.2) is 52.7 Å². The van der Waals surface area contributed by atoms with Crippen molar-refractivity contribution in [2.24, 2.45) is 50.5 Å². The molecule has 1 aromatic rings. The summed E-state index contributed by atoms with van der Waals surface area (Å²) in [5.74, 6) is 4.22. The lowest BCUT2D eigenvalue weighted by atomic mass is 9.82. The van der Waals surface area contributed by atoms with Crippen molar-refractivity contribution < 1.29 is 9.59 Å². The number of carbonyl (C=O) groups excluding carboxylic acids is 2. The Bertz CT molecular complexity index is 1170. The van der Waals surface area contributed by atoms with Crippen LogP contribution < -0.4 is 17.1 Å². The zero-order valence-electron chi connectivity index (χ0n) is 24.6. The summed E-state index contributed by atoms with van der Waals surface area (Å²) < 4.78 is 3.94. The summed E-state index contributed by atoms with van der Waals surface area (Å²) in [5, 5.41) is 0. The second-order valence-electron chi connectivity index (χ2n) is 12.7. The number of hydrogen-bond donors (Lipinski definition) is 0. The summed E-state index contributed by atoms with van der Waals surface area (Å²) in [6, 6.07) is 0. The summed E-state index contributed by atoms with van der Waals surface area (Å²) in [6.45, 7) is 6.11. The average molecular weight is 581 g/mol. The van der Waals surface area contributed by atoms with E-state index < -0.39 is 17.1 Å². The first-order valence-electron chi connectivity index (χ1n) is 15.6. The van der Waals surface area contributed by atoms with E-state index in [0.717, 1.165) is 77.0 Å². The number of isocyanates is 2. The van der Waals surface area contributed by atoms with Crippen LogP contribution in [0.1, 0.15) is 77.0 Å². The molecule has 0 aliphatic heterocycles. The molecular weight excluding hydrogens is 536 g/mol. The molecule has 0 atom stereocenters. The molecule has 0 saturated heterocycles. The summed E-state index contributed by atoms with van der Waals surface area (Å²) >= 11 is 0. The van der Waals surface area contributed by atoms with Crippen molar-refractivity contribution >= 4 is 18.0 Å². The van der Waals surface area contributed by atoms with E-state index in [2.05, 4.69) is 27.4 Å². The minimum Gasteiger partial charge on any atom is -0.247 e. The van der Waals surface area contributed by atoms with Crippen molar-refractivity contribution in [3.05, 3.63) is 38.0 Å². The molecule has 3 aliphatic rings. The molecule has 4 rings (SSSR count). The van der Waals surface area contributed by atoms with Crippen LogP contribution in [0.15, 0.2) is 35.9 Å². The lowest BCUT2D eigenvalue weighted by Crippen LogP contribution is -2.56. The van der Waals surface area contributed by atoms with E-state index in [1.165, 1.54) is 13.7 Å². The maximum atomic E-state index is 13.7. The first-order chi connectivity index (χ1) is 20.4. The molecule has 0 aromatic carbocycles. The van der Waals surface area contributed by atoms with Gasteiger partial charge in [-0.2, -0.15) is 0 Å². The molecule has 42 heavy (non-hydrogen) atoms. The number of nitrogens with zero attached hydrogens (tertiary/aromatic N) is 6. The quantitative estimate of drug-likeness (QED) is 0.276. The van der Waals surface area contributed by atoms with Crippen molar-refractivity contribution in [1.82, 2.24) is 13.7 Å². The molecule has 1 aromatic heterocycles. The Morgan fingerprint density at radius 3 is 1.02 bits per heavy atom. The third-order valence-electron chi connectivity index (χ3n) is 9.90. The highest BCUT2D eigenvalue weighted by molar-refractivity contribution is 5.46. The molecule has 11 heteroatoms. The van der Waals surface area contributed by atoms with Gasteiger partial charge >= 0.3 is 17.1 Å². The molecule has 0 N–H and O–H groups in total. The summed E-state index contributed by atoms with van der Waals surface area (Å²) in [5.41, 5.74) is -1.50. The first kappa shape index (κ1) is 31.6. The molecule has 3 fully saturated rings. The monoisotopic (exact) mass is 580 g/mol. The van der Waals surface area contributed by atoms with Crippen LogP contribution in [0, 0.1) is 35.5 Å². The van der Waals surface area contributed by atoms with E-state index in [1.54, 1.807) is 12.2 Å². The average Bonchev–Trinajstić information content (AvgIpc) is 3.02. The Hall–Kier alpha value is -3.38. The molecule has 3 aliphatic carbocycles. The van der Waals surface area contributed by atoms with Crippen molar-refractivity contribution in [3.8, 4) is 0 Å². The van der Waals surface area contributed by atoms with Crippen LogP contribution in [-0.2, 0) is 29.2 Å². The van der Waals surface area contributed by atoms with E-state index in [-0.39, 0.29) is 17.8 Å². The second-order valence-corrected chi connectivity index (χ2v) is 12.7. The zero-order valence-corrected chi connectivity index (χ0v) is 24.6. The van der Waals surface area contributed by atoms with E-state index in [0.29, 0.717) is 57.0 Å². The molecular formula is C31H44N6O5. The third kappa shape index (κ3) is 8.34. The standard InChI is InChI=1S/C31H44N6O5/c1-2-32-15-23-3-9-26(10-4-23)18-35-29(40)36(19-27-11-5-24(6-12-27)16-33-21-38)31(42)37(30(35)41)20-28-13-7-25(8-14-28)17-34-22-39/h23-28H,1,3-20H2. The van der Waals surface area contributed by atoms with Gasteiger partial charge in [0.05, 0.1) is 19.6 Å². The van der Waals surface area contributed by atoms with Crippen molar-refractivity contribution in [3.63, 3.8) is 0 Å². The summed E-state index contributed by atoms with van der Waals surface area (Å²) in [7, 11) is 0. The van der Waals surface area contributed by atoms with Gasteiger partial charge in [-0.3, -0.25) is 0 Å². The number of aliphatic imine (C=N–C) groups is 3. The first-order valence-corrected chi connectivity index (χ1v) is 15.6. The maximum Gasteiger partial charge on any atom is 0.336 e. The van der Waals surface area contributed by atoms with Crippen LogP contribution >= 0.6 is 0 Å². The second kappa shape index (κ2) is 15.7. The molecule has 0 radical (unpaired) electrons. The van der Waals surface area contributed by atoms with Crippen LogP contribution in [-0.4, -0.2) is 51.4 Å². The smallest absolute Gasteiger partial charge is 0.247 e. The Balaban J connectivity index is 1.54. The third-order valence-corrected chi connectivity index (χ3v) is 9.90. The fraction of sp³-hybridized carbons (Fsp3) is 0.774. The molecule has 228 valence electrons. The molecule has 0 bridgehead atoms.